The first-order valence-electron chi connectivity index (χ1n) is 8.00. The van der Waals surface area contributed by atoms with Crippen LogP contribution in [0.25, 0.3) is 0 Å². The van der Waals surface area contributed by atoms with Crippen molar-refractivity contribution in [2.75, 3.05) is 7.11 Å². The summed E-state index contributed by atoms with van der Waals surface area (Å²) in [5, 5.41) is 20.8. The molecule has 0 aliphatic heterocycles. The van der Waals surface area contributed by atoms with Crippen molar-refractivity contribution in [1.82, 2.24) is 0 Å². The highest BCUT2D eigenvalue weighted by Gasteiger charge is 2.22. The molecule has 6 heteroatoms. The van der Waals surface area contributed by atoms with E-state index in [9.17, 15) is 15.0 Å². The quantitative estimate of drug-likeness (QED) is 0.477. The third-order valence-corrected chi connectivity index (χ3v) is 5.38. The second-order valence-corrected chi connectivity index (χ2v) is 7.37. The SMILES string of the molecule is COc1cc(CSc2ccccc2Cl)c(C(=O)O)c(O)c1CC=C(C)C. The standard InChI is InChI=1S/C20H21ClO4S/c1-12(2)8-9-14-16(25-3)10-13(18(19(14)22)20(23)24)11-26-17-7-5-4-6-15(17)21/h4-8,10,22H,9,11H2,1-3H3,(H,23,24). The number of hydrogen-bond acceptors (Lipinski definition) is 4. The number of aromatic carboxylic acids is 1. The van der Waals surface area contributed by atoms with E-state index in [0.717, 1.165) is 10.5 Å². The second kappa shape index (κ2) is 9.01. The molecule has 2 aromatic rings. The number of carbonyl (C=O) groups is 1. The van der Waals surface area contributed by atoms with E-state index in [4.69, 9.17) is 16.3 Å². The van der Waals surface area contributed by atoms with Crippen LogP contribution in [-0.4, -0.2) is 23.3 Å². The van der Waals surface area contributed by atoms with Crippen molar-refractivity contribution in [2.45, 2.75) is 30.9 Å². The molecule has 0 heterocycles. The van der Waals surface area contributed by atoms with Crippen LogP contribution in [0.5, 0.6) is 11.5 Å². The number of benzene rings is 2. The van der Waals surface area contributed by atoms with E-state index < -0.39 is 5.97 Å². The van der Waals surface area contributed by atoms with Gasteiger partial charge in [-0.15, -0.1) is 11.8 Å². The van der Waals surface area contributed by atoms with Crippen molar-refractivity contribution in [3.05, 3.63) is 63.7 Å². The van der Waals surface area contributed by atoms with E-state index in [-0.39, 0.29) is 11.3 Å². The van der Waals surface area contributed by atoms with E-state index in [1.54, 1.807) is 12.1 Å². The topological polar surface area (TPSA) is 66.8 Å². The van der Waals surface area contributed by atoms with Gasteiger partial charge in [0.2, 0.25) is 0 Å². The van der Waals surface area contributed by atoms with Gasteiger partial charge in [0, 0.05) is 16.2 Å². The predicted molar refractivity (Wildman–Crippen MR) is 106 cm³/mol. The van der Waals surface area contributed by atoms with Gasteiger partial charge in [-0.05, 0) is 44.0 Å². The van der Waals surface area contributed by atoms with Gasteiger partial charge in [-0.2, -0.15) is 0 Å². The second-order valence-electron chi connectivity index (χ2n) is 5.95. The zero-order valence-electron chi connectivity index (χ0n) is 14.9. The van der Waals surface area contributed by atoms with Crippen LogP contribution in [0.1, 0.15) is 35.3 Å². The van der Waals surface area contributed by atoms with Gasteiger partial charge in [-0.25, -0.2) is 4.79 Å². The minimum Gasteiger partial charge on any atom is -0.507 e. The average molecular weight is 393 g/mol. The Morgan fingerprint density at radius 2 is 2.00 bits per heavy atom. The molecule has 0 saturated carbocycles. The summed E-state index contributed by atoms with van der Waals surface area (Å²) in [6, 6.07) is 9.03. The van der Waals surface area contributed by atoms with Crippen molar-refractivity contribution in [1.29, 1.82) is 0 Å². The first-order chi connectivity index (χ1) is 12.3. The Morgan fingerprint density at radius 3 is 2.58 bits per heavy atom. The number of carboxylic acids is 1. The van der Waals surface area contributed by atoms with Crippen LogP contribution in [0.15, 0.2) is 46.9 Å². The molecule has 26 heavy (non-hydrogen) atoms. The molecule has 4 nitrogen and oxygen atoms in total. The summed E-state index contributed by atoms with van der Waals surface area (Å²) < 4.78 is 5.39. The number of ether oxygens (including phenoxy) is 1. The van der Waals surface area contributed by atoms with Crippen LogP contribution in [-0.2, 0) is 12.2 Å². The Morgan fingerprint density at radius 1 is 1.31 bits per heavy atom. The summed E-state index contributed by atoms with van der Waals surface area (Å²) in [5.74, 6) is -0.597. The molecule has 0 fully saturated rings. The fourth-order valence-electron chi connectivity index (χ4n) is 2.49. The first-order valence-corrected chi connectivity index (χ1v) is 9.37. The molecule has 0 aliphatic rings. The lowest BCUT2D eigenvalue weighted by atomic mass is 9.99. The largest absolute Gasteiger partial charge is 0.507 e. The van der Waals surface area contributed by atoms with Crippen LogP contribution < -0.4 is 4.74 Å². The van der Waals surface area contributed by atoms with Gasteiger partial charge in [-0.1, -0.05) is 35.4 Å². The van der Waals surface area contributed by atoms with Crippen LogP contribution in [0.2, 0.25) is 5.02 Å². The maximum Gasteiger partial charge on any atom is 0.339 e. The molecule has 0 saturated heterocycles. The number of methoxy groups -OCH3 is 1. The zero-order chi connectivity index (χ0) is 19.3. The third kappa shape index (κ3) is 4.74. The zero-order valence-corrected chi connectivity index (χ0v) is 16.4. The van der Waals surface area contributed by atoms with Crippen LogP contribution in [0, 0.1) is 0 Å². The smallest absolute Gasteiger partial charge is 0.339 e. The maximum atomic E-state index is 11.8. The number of hydrogen-bond donors (Lipinski definition) is 2. The van der Waals surface area contributed by atoms with Gasteiger partial charge in [0.1, 0.15) is 17.1 Å². The molecule has 0 atom stereocenters. The van der Waals surface area contributed by atoms with E-state index >= 15 is 0 Å². The Balaban J connectivity index is 2.45. The lowest BCUT2D eigenvalue weighted by Gasteiger charge is -2.16. The van der Waals surface area contributed by atoms with Crippen molar-refractivity contribution >= 4 is 29.3 Å². The van der Waals surface area contributed by atoms with Crippen LogP contribution in [0.4, 0.5) is 0 Å². The van der Waals surface area contributed by atoms with E-state index in [2.05, 4.69) is 0 Å². The molecule has 138 valence electrons. The number of phenols is 1. The summed E-state index contributed by atoms with van der Waals surface area (Å²) in [5.41, 5.74) is 1.93. The molecular formula is C20H21ClO4S. The Hall–Kier alpha value is -2.11. The highest BCUT2D eigenvalue weighted by atomic mass is 35.5. The Bertz CT molecular complexity index is 842. The Kier molecular flexibility index (Phi) is 7.00. The van der Waals surface area contributed by atoms with Gasteiger partial charge >= 0.3 is 5.97 Å². The number of halogens is 1. The summed E-state index contributed by atoms with van der Waals surface area (Å²) in [6.45, 7) is 3.88. The molecule has 0 aliphatic carbocycles. The molecular weight excluding hydrogens is 372 g/mol. The third-order valence-electron chi connectivity index (χ3n) is 3.81. The van der Waals surface area contributed by atoms with Gasteiger partial charge in [0.15, 0.2) is 0 Å². The van der Waals surface area contributed by atoms with Crippen molar-refractivity contribution in [3.63, 3.8) is 0 Å². The molecule has 0 radical (unpaired) electrons. The summed E-state index contributed by atoms with van der Waals surface area (Å²) >= 11 is 7.57. The minimum atomic E-state index is -1.17. The molecule has 0 bridgehead atoms. The average Bonchev–Trinajstić information content (AvgIpc) is 2.59. The first kappa shape index (κ1) is 20.2. The highest BCUT2D eigenvalue weighted by molar-refractivity contribution is 7.98. The Labute approximate surface area is 162 Å². The molecule has 0 amide bonds. The number of aromatic hydroxyl groups is 1. The highest BCUT2D eigenvalue weighted by Crippen LogP contribution is 2.38. The number of allylic oxidation sites excluding steroid dienone is 2. The molecule has 0 spiro atoms. The molecule has 2 aromatic carbocycles. The summed E-state index contributed by atoms with van der Waals surface area (Å²) in [7, 11) is 1.51. The molecule has 0 unspecified atom stereocenters. The molecule has 2 N–H and O–H groups in total. The van der Waals surface area contributed by atoms with Crippen LogP contribution >= 0.6 is 23.4 Å². The maximum absolute atomic E-state index is 11.8. The fourth-order valence-corrected chi connectivity index (χ4v) is 3.71. The number of carboxylic acid groups (broad SMARTS) is 1. The van der Waals surface area contributed by atoms with Crippen molar-refractivity contribution in [3.8, 4) is 11.5 Å². The number of rotatable bonds is 7. The van der Waals surface area contributed by atoms with Crippen molar-refractivity contribution < 1.29 is 19.7 Å². The van der Waals surface area contributed by atoms with Gasteiger partial charge in [0.05, 0.1) is 12.1 Å². The van der Waals surface area contributed by atoms with Gasteiger partial charge in [0.25, 0.3) is 0 Å². The van der Waals surface area contributed by atoms with Crippen LogP contribution in [0.3, 0.4) is 0 Å². The van der Waals surface area contributed by atoms with Gasteiger partial charge in [-0.3, -0.25) is 0 Å². The normalized spacial score (nSPS) is 10.5. The number of thioether (sulfide) groups is 1. The summed E-state index contributed by atoms with van der Waals surface area (Å²) in [4.78, 5) is 12.6. The molecule has 0 aromatic heterocycles. The lowest BCUT2D eigenvalue weighted by molar-refractivity contribution is 0.0692. The van der Waals surface area contributed by atoms with Crippen molar-refractivity contribution in [2.24, 2.45) is 0 Å². The fraction of sp³-hybridized carbons (Fsp3) is 0.250. The van der Waals surface area contributed by atoms with E-state index in [1.807, 2.05) is 38.1 Å². The van der Waals surface area contributed by atoms with Gasteiger partial charge < -0.3 is 14.9 Å². The lowest BCUT2D eigenvalue weighted by Crippen LogP contribution is -2.06. The molecule has 2 rings (SSSR count). The minimum absolute atomic E-state index is 0.0949. The van der Waals surface area contributed by atoms with E-state index in [1.165, 1.54) is 18.9 Å². The predicted octanol–water partition coefficient (Wildman–Crippen LogP) is 5.55. The van der Waals surface area contributed by atoms with E-state index in [0.29, 0.717) is 34.1 Å². The monoisotopic (exact) mass is 392 g/mol. The summed E-state index contributed by atoms with van der Waals surface area (Å²) in [6.07, 6.45) is 2.32.